The Bertz CT molecular complexity index is 336. The number of hydroxylamine groups is 2. The molecule has 0 spiro atoms. The smallest absolute Gasteiger partial charge is 0.138 e. The Morgan fingerprint density at radius 2 is 1.92 bits per heavy atom. The van der Waals surface area contributed by atoms with Crippen molar-refractivity contribution in [1.29, 1.82) is 0 Å². The summed E-state index contributed by atoms with van der Waals surface area (Å²) >= 11 is 4.83. The van der Waals surface area contributed by atoms with Gasteiger partial charge < -0.3 is 0 Å². The lowest BCUT2D eigenvalue weighted by atomic mass is 10.2. The van der Waals surface area contributed by atoms with Crippen LogP contribution in [0.15, 0.2) is 34.1 Å². The number of halogens is 1. The minimum atomic E-state index is 0.817. The summed E-state index contributed by atoms with van der Waals surface area (Å²) in [5, 5.41) is 12.4. The standard InChI is InChI=1S/C9H7BrNOS/c10-8-3-1-7(2-4-8)9-5-13-6-11(9)12/h1-6,12H. The third-order valence-electron chi connectivity index (χ3n) is 1.73. The molecule has 67 valence electrons. The van der Waals surface area contributed by atoms with E-state index in [2.05, 4.69) is 15.9 Å². The van der Waals surface area contributed by atoms with Crippen LogP contribution in [0.5, 0.6) is 0 Å². The summed E-state index contributed by atoms with van der Waals surface area (Å²) < 4.78 is 1.04. The molecule has 0 bridgehead atoms. The maximum Gasteiger partial charge on any atom is 0.138 e. The van der Waals surface area contributed by atoms with Crippen LogP contribution in [-0.4, -0.2) is 10.3 Å². The molecule has 2 rings (SSSR count). The van der Waals surface area contributed by atoms with Crippen molar-refractivity contribution >= 4 is 33.4 Å². The zero-order valence-electron chi connectivity index (χ0n) is 6.64. The van der Waals surface area contributed by atoms with Gasteiger partial charge >= 0.3 is 0 Å². The summed E-state index contributed by atoms with van der Waals surface area (Å²) in [5.41, 5.74) is 1.82. The molecule has 1 heterocycles. The van der Waals surface area contributed by atoms with Gasteiger partial charge in [0.05, 0.1) is 5.70 Å². The number of benzene rings is 1. The number of nitrogens with zero attached hydrogens (tertiary/aromatic N) is 1. The van der Waals surface area contributed by atoms with Crippen LogP contribution in [0.25, 0.3) is 5.70 Å². The fourth-order valence-electron chi connectivity index (χ4n) is 1.08. The molecule has 1 radical (unpaired) electrons. The second kappa shape index (κ2) is 3.74. The van der Waals surface area contributed by atoms with Crippen LogP contribution >= 0.6 is 27.7 Å². The van der Waals surface area contributed by atoms with Gasteiger partial charge in [-0.05, 0) is 17.5 Å². The molecule has 4 heteroatoms. The lowest BCUT2D eigenvalue weighted by molar-refractivity contribution is 0.0180. The van der Waals surface area contributed by atoms with Crippen LogP contribution < -0.4 is 0 Å². The van der Waals surface area contributed by atoms with E-state index in [1.807, 2.05) is 29.7 Å². The quantitative estimate of drug-likeness (QED) is 0.834. The number of rotatable bonds is 1. The molecule has 1 N–H and O–H groups in total. The molecule has 1 aromatic rings. The topological polar surface area (TPSA) is 23.5 Å². The second-order valence-corrected chi connectivity index (χ2v) is 4.23. The third-order valence-corrected chi connectivity index (χ3v) is 2.94. The number of thioether (sulfide) groups is 1. The van der Waals surface area contributed by atoms with Gasteiger partial charge in [0.25, 0.3) is 0 Å². The van der Waals surface area contributed by atoms with Crippen molar-refractivity contribution in [3.63, 3.8) is 0 Å². The maximum absolute atomic E-state index is 9.39. The van der Waals surface area contributed by atoms with Crippen molar-refractivity contribution in [2.45, 2.75) is 0 Å². The van der Waals surface area contributed by atoms with Crippen molar-refractivity contribution in [1.82, 2.24) is 5.06 Å². The molecule has 0 saturated carbocycles. The van der Waals surface area contributed by atoms with Gasteiger partial charge in [0.2, 0.25) is 0 Å². The highest BCUT2D eigenvalue weighted by Crippen LogP contribution is 2.32. The van der Waals surface area contributed by atoms with Crippen molar-refractivity contribution in [2.75, 3.05) is 0 Å². The highest BCUT2D eigenvalue weighted by molar-refractivity contribution is 9.10. The van der Waals surface area contributed by atoms with E-state index in [-0.39, 0.29) is 0 Å². The predicted octanol–water partition coefficient (Wildman–Crippen LogP) is 3.30. The Morgan fingerprint density at radius 3 is 2.46 bits per heavy atom. The predicted molar refractivity (Wildman–Crippen MR) is 57.6 cm³/mol. The molecular formula is C9H7BrNOS. The largest absolute Gasteiger partial charge is 0.287 e. The number of hydrogen-bond donors (Lipinski definition) is 1. The molecule has 0 unspecified atom stereocenters. The first-order valence-corrected chi connectivity index (χ1v) is 5.44. The maximum atomic E-state index is 9.39. The molecule has 1 aromatic carbocycles. The van der Waals surface area contributed by atoms with Gasteiger partial charge in [0, 0.05) is 10.0 Å². The third kappa shape index (κ3) is 1.90. The van der Waals surface area contributed by atoms with Gasteiger partial charge in [0.15, 0.2) is 0 Å². The van der Waals surface area contributed by atoms with Gasteiger partial charge in [-0.1, -0.05) is 28.1 Å². The average molecular weight is 257 g/mol. The lowest BCUT2D eigenvalue weighted by Crippen LogP contribution is -2.07. The lowest BCUT2D eigenvalue weighted by Gasteiger charge is -2.12. The summed E-state index contributed by atoms with van der Waals surface area (Å²) in [6.07, 6.45) is 0. The minimum absolute atomic E-state index is 0.817. The molecule has 0 fully saturated rings. The van der Waals surface area contributed by atoms with Crippen molar-refractivity contribution < 1.29 is 5.21 Å². The van der Waals surface area contributed by atoms with E-state index in [0.717, 1.165) is 20.8 Å². The van der Waals surface area contributed by atoms with Crippen LogP contribution in [0.3, 0.4) is 0 Å². The monoisotopic (exact) mass is 256 g/mol. The van der Waals surface area contributed by atoms with E-state index in [9.17, 15) is 5.21 Å². The summed E-state index contributed by atoms with van der Waals surface area (Å²) in [6.45, 7) is 0. The Labute approximate surface area is 89.3 Å². The van der Waals surface area contributed by atoms with Gasteiger partial charge in [0.1, 0.15) is 5.88 Å². The van der Waals surface area contributed by atoms with Gasteiger partial charge in [-0.3, -0.25) is 5.21 Å². The first-order chi connectivity index (χ1) is 6.27. The Hall–Kier alpha value is -0.450. The molecular weight excluding hydrogens is 250 g/mol. The summed E-state index contributed by atoms with van der Waals surface area (Å²) in [4.78, 5) is 0. The highest BCUT2D eigenvalue weighted by atomic mass is 79.9. The highest BCUT2D eigenvalue weighted by Gasteiger charge is 2.15. The molecule has 13 heavy (non-hydrogen) atoms. The molecule has 1 aliphatic heterocycles. The molecule has 0 amide bonds. The Kier molecular flexibility index (Phi) is 2.62. The van der Waals surface area contributed by atoms with Crippen LogP contribution in [0, 0.1) is 5.88 Å². The van der Waals surface area contributed by atoms with Gasteiger partial charge in [-0.2, -0.15) is 0 Å². The molecule has 0 aromatic heterocycles. The summed E-state index contributed by atoms with van der Waals surface area (Å²) in [6, 6.07) is 7.82. The van der Waals surface area contributed by atoms with E-state index in [4.69, 9.17) is 0 Å². The minimum Gasteiger partial charge on any atom is -0.287 e. The normalized spacial score (nSPS) is 16.2. The fourth-order valence-corrected chi connectivity index (χ4v) is 2.01. The zero-order valence-corrected chi connectivity index (χ0v) is 9.05. The molecule has 0 aliphatic carbocycles. The van der Waals surface area contributed by atoms with Crippen LogP contribution in [0.2, 0.25) is 0 Å². The van der Waals surface area contributed by atoms with Gasteiger partial charge in [-0.15, -0.1) is 11.8 Å². The van der Waals surface area contributed by atoms with E-state index >= 15 is 0 Å². The first kappa shape index (κ1) is 9.12. The van der Waals surface area contributed by atoms with E-state index in [1.54, 1.807) is 5.88 Å². The fraction of sp³-hybridized carbons (Fsp3) is 0. The van der Waals surface area contributed by atoms with E-state index in [0.29, 0.717) is 0 Å². The SMILES string of the molecule is ON1[CH]SC=C1c1ccc(Br)cc1. The molecule has 0 atom stereocenters. The van der Waals surface area contributed by atoms with Crippen LogP contribution in [0.1, 0.15) is 5.56 Å². The van der Waals surface area contributed by atoms with Gasteiger partial charge in [-0.25, -0.2) is 5.06 Å². The van der Waals surface area contributed by atoms with E-state index < -0.39 is 0 Å². The van der Waals surface area contributed by atoms with Crippen molar-refractivity contribution in [3.8, 4) is 0 Å². The van der Waals surface area contributed by atoms with Crippen LogP contribution in [0.4, 0.5) is 0 Å². The molecule has 1 aliphatic rings. The Balaban J connectivity index is 2.30. The average Bonchev–Trinajstić information content (AvgIpc) is 2.53. The number of hydrogen-bond acceptors (Lipinski definition) is 3. The van der Waals surface area contributed by atoms with E-state index in [1.165, 1.54) is 11.8 Å². The second-order valence-electron chi connectivity index (χ2n) is 2.60. The van der Waals surface area contributed by atoms with Crippen LogP contribution in [-0.2, 0) is 0 Å². The summed E-state index contributed by atoms with van der Waals surface area (Å²) in [5.74, 6) is 1.65. The molecule has 0 saturated heterocycles. The summed E-state index contributed by atoms with van der Waals surface area (Å²) in [7, 11) is 0. The van der Waals surface area contributed by atoms with Crippen molar-refractivity contribution in [2.24, 2.45) is 0 Å². The van der Waals surface area contributed by atoms with Crippen molar-refractivity contribution in [3.05, 3.63) is 45.6 Å². The Morgan fingerprint density at radius 1 is 1.23 bits per heavy atom. The first-order valence-electron chi connectivity index (χ1n) is 3.70. The zero-order chi connectivity index (χ0) is 9.26. The molecule has 2 nitrogen and oxygen atoms in total.